The Kier molecular flexibility index (Phi) is 3.21. The number of hydrogen-bond donors (Lipinski definition) is 1. The summed E-state index contributed by atoms with van der Waals surface area (Å²) in [7, 11) is -4.11. The highest BCUT2D eigenvalue weighted by Gasteiger charge is 2.32. The van der Waals surface area contributed by atoms with Gasteiger partial charge in [-0.05, 0) is 29.3 Å². The molecule has 0 unspecified atom stereocenters. The zero-order chi connectivity index (χ0) is 15.1. The Balaban J connectivity index is 2.52. The molecule has 1 aliphatic rings. The van der Waals surface area contributed by atoms with Gasteiger partial charge in [0.25, 0.3) is 0 Å². The van der Waals surface area contributed by atoms with Crippen LogP contribution in [0.5, 0.6) is 0 Å². The number of halogens is 3. The molecule has 1 aromatic carbocycles. The maximum absolute atomic E-state index is 12.6. The quantitative estimate of drug-likeness (QED) is 0.911. The first-order chi connectivity index (χ1) is 9.11. The van der Waals surface area contributed by atoms with Gasteiger partial charge in [-0.3, -0.25) is 0 Å². The van der Waals surface area contributed by atoms with E-state index in [1.54, 1.807) is 0 Å². The molecule has 0 saturated heterocycles. The molecule has 4 nitrogen and oxygen atoms in total. The Bertz CT molecular complexity index is 742. The summed E-state index contributed by atoms with van der Waals surface area (Å²) < 4.78 is 60.7. The number of benzene rings is 1. The molecular formula is C12H7F3O4S. The van der Waals surface area contributed by atoms with E-state index in [1.165, 1.54) is 6.07 Å². The van der Waals surface area contributed by atoms with E-state index in [4.69, 9.17) is 5.11 Å². The first-order valence-corrected chi connectivity index (χ1v) is 6.75. The molecule has 0 aliphatic carbocycles. The number of aliphatic carboxylic acids is 1. The first kappa shape index (κ1) is 14.3. The lowest BCUT2D eigenvalue weighted by atomic mass is 10.0. The molecule has 2 rings (SSSR count). The molecule has 0 fully saturated rings. The van der Waals surface area contributed by atoms with Gasteiger partial charge >= 0.3 is 12.1 Å². The van der Waals surface area contributed by atoms with E-state index >= 15 is 0 Å². The highest BCUT2D eigenvalue weighted by molar-refractivity contribution is 7.99. The zero-order valence-corrected chi connectivity index (χ0v) is 10.5. The van der Waals surface area contributed by atoms with Crippen LogP contribution in [0.25, 0.3) is 5.57 Å². The zero-order valence-electron chi connectivity index (χ0n) is 9.68. The average molecular weight is 304 g/mol. The van der Waals surface area contributed by atoms with Crippen molar-refractivity contribution < 1.29 is 31.5 Å². The second kappa shape index (κ2) is 4.48. The van der Waals surface area contributed by atoms with Crippen LogP contribution in [0.2, 0.25) is 0 Å². The van der Waals surface area contributed by atoms with E-state index in [1.807, 2.05) is 0 Å². The fraction of sp³-hybridized carbons (Fsp3) is 0.0833. The smallest absolute Gasteiger partial charge is 0.416 e. The Labute approximate surface area is 111 Å². The minimum absolute atomic E-state index is 0.0142. The van der Waals surface area contributed by atoms with E-state index in [0.717, 1.165) is 24.3 Å². The summed E-state index contributed by atoms with van der Waals surface area (Å²) in [6, 6.07) is 4.01. The van der Waals surface area contributed by atoms with Crippen molar-refractivity contribution in [2.45, 2.75) is 6.18 Å². The molecule has 1 aliphatic heterocycles. The van der Waals surface area contributed by atoms with Crippen LogP contribution in [0.15, 0.2) is 40.7 Å². The number of carboxylic acids is 1. The highest BCUT2D eigenvalue weighted by Crippen LogP contribution is 2.34. The monoisotopic (exact) mass is 304 g/mol. The van der Waals surface area contributed by atoms with Crippen molar-refractivity contribution in [2.75, 3.05) is 0 Å². The molecular weight excluding hydrogens is 297 g/mol. The van der Waals surface area contributed by atoms with Gasteiger partial charge in [-0.1, -0.05) is 12.1 Å². The molecule has 0 bridgehead atoms. The van der Waals surface area contributed by atoms with Crippen molar-refractivity contribution in [3.63, 3.8) is 0 Å². The third kappa shape index (κ3) is 2.60. The molecule has 0 saturated carbocycles. The van der Waals surface area contributed by atoms with Gasteiger partial charge in [-0.2, -0.15) is 13.2 Å². The van der Waals surface area contributed by atoms with E-state index in [9.17, 15) is 26.4 Å². The van der Waals surface area contributed by atoms with Gasteiger partial charge < -0.3 is 5.11 Å². The standard InChI is InChI=1S/C12H7F3O4S/c13-12(14,15)9-3-1-2-7(4-9)8-5-10(11(16)17)20(18,19)6-8/h1-6H,(H,16,17). The molecule has 20 heavy (non-hydrogen) atoms. The molecule has 1 N–H and O–H groups in total. The lowest BCUT2D eigenvalue weighted by Crippen LogP contribution is -2.07. The van der Waals surface area contributed by atoms with Crippen molar-refractivity contribution >= 4 is 21.4 Å². The minimum atomic E-state index is -4.56. The van der Waals surface area contributed by atoms with Crippen molar-refractivity contribution in [3.8, 4) is 0 Å². The minimum Gasteiger partial charge on any atom is -0.477 e. The lowest BCUT2D eigenvalue weighted by molar-refractivity contribution is -0.137. The van der Waals surface area contributed by atoms with Crippen LogP contribution in [0.4, 0.5) is 13.2 Å². The second-order valence-corrected chi connectivity index (χ2v) is 5.78. The first-order valence-electron chi connectivity index (χ1n) is 5.21. The van der Waals surface area contributed by atoms with Crippen molar-refractivity contribution in [1.82, 2.24) is 0 Å². The molecule has 0 radical (unpaired) electrons. The van der Waals surface area contributed by atoms with Gasteiger partial charge in [0.1, 0.15) is 0 Å². The number of rotatable bonds is 2. The highest BCUT2D eigenvalue weighted by atomic mass is 32.2. The van der Waals surface area contributed by atoms with Crippen LogP contribution in [0, 0.1) is 0 Å². The van der Waals surface area contributed by atoms with Crippen LogP contribution in [0.1, 0.15) is 11.1 Å². The molecule has 106 valence electrons. The second-order valence-electron chi connectivity index (χ2n) is 4.01. The number of alkyl halides is 3. The van der Waals surface area contributed by atoms with Crippen LogP contribution >= 0.6 is 0 Å². The Morgan fingerprint density at radius 1 is 1.20 bits per heavy atom. The predicted molar refractivity (Wildman–Crippen MR) is 64.1 cm³/mol. The van der Waals surface area contributed by atoms with Crippen molar-refractivity contribution in [3.05, 3.63) is 51.8 Å². The van der Waals surface area contributed by atoms with Gasteiger partial charge in [-0.15, -0.1) is 0 Å². The molecule has 0 atom stereocenters. The van der Waals surface area contributed by atoms with E-state index < -0.39 is 32.5 Å². The van der Waals surface area contributed by atoms with Gasteiger partial charge in [0.05, 0.1) is 5.56 Å². The summed E-state index contributed by atoms with van der Waals surface area (Å²) in [4.78, 5) is 9.90. The summed E-state index contributed by atoms with van der Waals surface area (Å²) in [5.41, 5.74) is -1.04. The van der Waals surface area contributed by atoms with E-state index in [0.29, 0.717) is 5.41 Å². The van der Waals surface area contributed by atoms with E-state index in [2.05, 4.69) is 0 Å². The van der Waals surface area contributed by atoms with Crippen LogP contribution in [-0.4, -0.2) is 19.5 Å². The van der Waals surface area contributed by atoms with Gasteiger partial charge in [0.2, 0.25) is 9.84 Å². The van der Waals surface area contributed by atoms with Gasteiger partial charge in [0, 0.05) is 5.41 Å². The molecule has 0 amide bonds. The number of hydrogen-bond acceptors (Lipinski definition) is 3. The van der Waals surface area contributed by atoms with Crippen molar-refractivity contribution in [1.29, 1.82) is 0 Å². The van der Waals surface area contributed by atoms with E-state index in [-0.39, 0.29) is 11.1 Å². The number of carbonyl (C=O) groups is 1. The summed E-state index contributed by atoms with van der Waals surface area (Å²) in [5.74, 6) is -1.65. The summed E-state index contributed by atoms with van der Waals surface area (Å²) in [6.45, 7) is 0. The SMILES string of the molecule is O=C(O)C1=CC(c2cccc(C(F)(F)F)c2)=CS1(=O)=O. The molecule has 8 heteroatoms. The molecule has 1 heterocycles. The Hall–Kier alpha value is -2.09. The molecule has 0 spiro atoms. The predicted octanol–water partition coefficient (Wildman–Crippen LogP) is 2.44. The van der Waals surface area contributed by atoms with Crippen LogP contribution < -0.4 is 0 Å². The summed E-state index contributed by atoms with van der Waals surface area (Å²) in [6.07, 6.45) is -3.72. The fourth-order valence-corrected chi connectivity index (χ4v) is 2.90. The largest absolute Gasteiger partial charge is 0.477 e. The van der Waals surface area contributed by atoms with Crippen molar-refractivity contribution in [2.24, 2.45) is 0 Å². The van der Waals surface area contributed by atoms with Gasteiger partial charge in [0.15, 0.2) is 4.91 Å². The third-order valence-electron chi connectivity index (χ3n) is 2.61. The third-order valence-corrected chi connectivity index (χ3v) is 4.08. The molecule has 1 aromatic rings. The van der Waals surface area contributed by atoms with Crippen LogP contribution in [0.3, 0.4) is 0 Å². The number of sulfone groups is 1. The maximum atomic E-state index is 12.6. The maximum Gasteiger partial charge on any atom is 0.416 e. The number of allylic oxidation sites excluding steroid dienone is 2. The summed E-state index contributed by atoms with van der Waals surface area (Å²) >= 11 is 0. The topological polar surface area (TPSA) is 71.4 Å². The normalized spacial score (nSPS) is 17.6. The Morgan fingerprint density at radius 2 is 1.85 bits per heavy atom. The fourth-order valence-electron chi connectivity index (χ4n) is 1.70. The van der Waals surface area contributed by atoms with Crippen LogP contribution in [-0.2, 0) is 20.8 Å². The average Bonchev–Trinajstić information content (AvgIpc) is 2.64. The molecule has 0 aromatic heterocycles. The number of carboxylic acid groups (broad SMARTS) is 1. The Morgan fingerprint density at radius 3 is 2.35 bits per heavy atom. The summed E-state index contributed by atoms with van der Waals surface area (Å²) in [5, 5.41) is 9.38. The lowest BCUT2D eigenvalue weighted by Gasteiger charge is -2.08. The van der Waals surface area contributed by atoms with Gasteiger partial charge in [-0.25, -0.2) is 13.2 Å².